The molecule has 0 bridgehead atoms. The van der Waals surface area contributed by atoms with E-state index in [1.807, 2.05) is 50.8 Å². The number of hydrogen-bond donors (Lipinski definition) is 2. The van der Waals surface area contributed by atoms with Gasteiger partial charge in [-0.15, -0.1) is 5.10 Å². The first-order chi connectivity index (χ1) is 17.1. The lowest BCUT2D eigenvalue weighted by molar-refractivity contribution is -0.0431. The van der Waals surface area contributed by atoms with Gasteiger partial charge in [0.1, 0.15) is 5.60 Å². The number of aliphatic hydroxyl groups excluding tert-OH is 1. The van der Waals surface area contributed by atoms with Crippen molar-refractivity contribution in [2.24, 2.45) is 7.05 Å². The summed E-state index contributed by atoms with van der Waals surface area (Å²) in [5.74, 6) is 0.416. The maximum Gasteiger partial charge on any atom is 0.410 e. The zero-order valence-corrected chi connectivity index (χ0v) is 21.2. The number of piperidine rings is 1. The smallest absolute Gasteiger partial charge is 0.410 e. The average Bonchev–Trinajstić information content (AvgIpc) is 3.27. The molecule has 5 rings (SSSR count). The molecule has 0 spiro atoms. The van der Waals surface area contributed by atoms with Crippen LogP contribution < -0.4 is 0 Å². The van der Waals surface area contributed by atoms with E-state index in [0.29, 0.717) is 18.7 Å². The monoisotopic (exact) mass is 494 g/mol. The predicted molar refractivity (Wildman–Crippen MR) is 132 cm³/mol. The van der Waals surface area contributed by atoms with Gasteiger partial charge in [0.15, 0.2) is 6.29 Å². The van der Waals surface area contributed by atoms with Gasteiger partial charge < -0.3 is 19.8 Å². The molecule has 2 aliphatic rings. The van der Waals surface area contributed by atoms with Gasteiger partial charge in [-0.1, -0.05) is 17.3 Å². The second kappa shape index (κ2) is 9.33. The van der Waals surface area contributed by atoms with Crippen LogP contribution in [-0.4, -0.2) is 64.7 Å². The van der Waals surface area contributed by atoms with Gasteiger partial charge >= 0.3 is 6.09 Å². The van der Waals surface area contributed by atoms with Crippen LogP contribution in [0.2, 0.25) is 0 Å². The summed E-state index contributed by atoms with van der Waals surface area (Å²) < 4.78 is 9.08. The van der Waals surface area contributed by atoms with Crippen LogP contribution in [0.5, 0.6) is 0 Å². The molecular weight excluding hydrogens is 460 g/mol. The molecule has 10 nitrogen and oxygen atoms in total. The van der Waals surface area contributed by atoms with Gasteiger partial charge in [0.05, 0.1) is 23.3 Å². The fourth-order valence-electron chi connectivity index (χ4n) is 5.16. The van der Waals surface area contributed by atoms with E-state index < -0.39 is 11.9 Å². The summed E-state index contributed by atoms with van der Waals surface area (Å²) in [6.07, 6.45) is 4.28. The molecule has 36 heavy (non-hydrogen) atoms. The lowest BCUT2D eigenvalue weighted by Gasteiger charge is -2.34. The number of amides is 1. The fourth-order valence-corrected chi connectivity index (χ4v) is 5.16. The van der Waals surface area contributed by atoms with Crippen molar-refractivity contribution in [2.75, 3.05) is 13.1 Å². The molecule has 0 radical (unpaired) electrons. The maximum absolute atomic E-state index is 12.7. The quantitative estimate of drug-likeness (QED) is 0.522. The number of hydrogen-bond acceptors (Lipinski definition) is 7. The zero-order valence-electron chi connectivity index (χ0n) is 21.2. The Morgan fingerprint density at radius 1 is 1.22 bits per heavy atom. The molecule has 1 saturated carbocycles. The summed E-state index contributed by atoms with van der Waals surface area (Å²) in [6.45, 7) is 6.93. The third-order valence-corrected chi connectivity index (χ3v) is 6.92. The number of ether oxygens (including phenoxy) is 1. The van der Waals surface area contributed by atoms with Crippen LogP contribution in [0.15, 0.2) is 36.7 Å². The lowest BCUT2D eigenvalue weighted by Crippen LogP contribution is -2.42. The summed E-state index contributed by atoms with van der Waals surface area (Å²) >= 11 is 0. The predicted octanol–water partition coefficient (Wildman–Crippen LogP) is 3.37. The van der Waals surface area contributed by atoms with Gasteiger partial charge in [-0.3, -0.25) is 4.68 Å². The molecule has 3 heterocycles. The number of likely N-dealkylation sites (tertiary alicyclic amines) is 1. The molecule has 2 aromatic heterocycles. The minimum absolute atomic E-state index is 0.0713. The van der Waals surface area contributed by atoms with E-state index in [9.17, 15) is 15.0 Å². The molecule has 3 aromatic rings. The largest absolute Gasteiger partial charge is 0.444 e. The van der Waals surface area contributed by atoms with Crippen molar-refractivity contribution in [1.82, 2.24) is 29.7 Å². The maximum atomic E-state index is 12.7. The van der Waals surface area contributed by atoms with Crippen molar-refractivity contribution in [1.29, 1.82) is 0 Å². The summed E-state index contributed by atoms with van der Waals surface area (Å²) in [5, 5.41) is 32.9. The first kappa shape index (κ1) is 24.5. The van der Waals surface area contributed by atoms with Crippen molar-refractivity contribution in [3.8, 4) is 5.69 Å². The number of benzene rings is 1. The Balaban J connectivity index is 1.40. The van der Waals surface area contributed by atoms with Crippen LogP contribution in [0.1, 0.15) is 86.6 Å². The van der Waals surface area contributed by atoms with Crippen molar-refractivity contribution in [3.05, 3.63) is 59.2 Å². The molecule has 1 aliphatic carbocycles. The van der Waals surface area contributed by atoms with Crippen LogP contribution in [0.4, 0.5) is 4.79 Å². The van der Waals surface area contributed by atoms with E-state index in [1.54, 1.807) is 9.58 Å². The average molecular weight is 495 g/mol. The van der Waals surface area contributed by atoms with Crippen molar-refractivity contribution < 1.29 is 19.7 Å². The van der Waals surface area contributed by atoms with Crippen LogP contribution in [0, 0.1) is 0 Å². The summed E-state index contributed by atoms with van der Waals surface area (Å²) in [4.78, 5) is 14.4. The van der Waals surface area contributed by atoms with Crippen LogP contribution in [0.3, 0.4) is 0 Å². The Bertz CT molecular complexity index is 1240. The topological polar surface area (TPSA) is 119 Å². The minimum atomic E-state index is -1.61. The first-order valence-corrected chi connectivity index (χ1v) is 12.5. The van der Waals surface area contributed by atoms with E-state index >= 15 is 0 Å². The molecule has 2 N–H and O–H groups in total. The standard InChI is InChI=1S/C26H34N6O4/c1-26(2,3)36-25(35)31-10-6-8-17(14-31)16-7-5-9-18(11-16)32-23(21(13-27-32)24(33)34)20-12-19(20)22-15-30(4)29-28-22/h5,7,9,11,13,15,17,19-20,24,33-34H,6,8,10,12,14H2,1-4H3/t17?,19-,20-/m1/s1. The zero-order chi connectivity index (χ0) is 25.6. The minimum Gasteiger partial charge on any atom is -0.444 e. The third-order valence-electron chi connectivity index (χ3n) is 6.92. The molecule has 2 fully saturated rings. The molecule has 10 heteroatoms. The van der Waals surface area contributed by atoms with Crippen molar-refractivity contribution in [2.45, 2.75) is 69.7 Å². The Hall–Kier alpha value is -3.24. The van der Waals surface area contributed by atoms with Crippen LogP contribution in [0.25, 0.3) is 5.69 Å². The Labute approximate surface area is 210 Å². The SMILES string of the molecule is Cn1cc([C@@H]2C[C@H]2c2c(C(O)O)cnn2-c2cccc(C3CCCN(C(=O)OC(C)(C)C)C3)c2)nn1. The van der Waals surface area contributed by atoms with E-state index in [0.717, 1.165) is 41.9 Å². The normalized spacial score (nSPS) is 22.2. The van der Waals surface area contributed by atoms with E-state index in [1.165, 1.54) is 6.20 Å². The van der Waals surface area contributed by atoms with Crippen molar-refractivity contribution >= 4 is 6.09 Å². The lowest BCUT2D eigenvalue weighted by atomic mass is 9.90. The fraction of sp³-hybridized carbons (Fsp3) is 0.538. The molecule has 1 amide bonds. The number of aliphatic hydroxyl groups is 2. The number of rotatable bonds is 5. The summed E-state index contributed by atoms with van der Waals surface area (Å²) in [6, 6.07) is 8.14. The van der Waals surface area contributed by atoms with Gasteiger partial charge in [-0.05, 0) is 57.7 Å². The van der Waals surface area contributed by atoms with Crippen LogP contribution >= 0.6 is 0 Å². The van der Waals surface area contributed by atoms with Gasteiger partial charge in [-0.2, -0.15) is 5.10 Å². The van der Waals surface area contributed by atoms with Gasteiger partial charge in [0.2, 0.25) is 0 Å². The van der Waals surface area contributed by atoms with E-state index in [2.05, 4.69) is 27.5 Å². The van der Waals surface area contributed by atoms with E-state index in [4.69, 9.17) is 4.74 Å². The second-order valence-corrected chi connectivity index (χ2v) is 10.9. The number of carbonyl (C=O) groups is 1. The summed E-state index contributed by atoms with van der Waals surface area (Å²) in [5.41, 5.74) is 3.54. The Kier molecular flexibility index (Phi) is 6.34. The molecular formula is C26H34N6O4. The Morgan fingerprint density at radius 2 is 2.03 bits per heavy atom. The summed E-state index contributed by atoms with van der Waals surface area (Å²) in [7, 11) is 1.84. The van der Waals surface area contributed by atoms with Crippen LogP contribution in [-0.2, 0) is 11.8 Å². The first-order valence-electron chi connectivity index (χ1n) is 12.5. The second-order valence-electron chi connectivity index (χ2n) is 10.9. The highest BCUT2D eigenvalue weighted by Gasteiger charge is 2.45. The van der Waals surface area contributed by atoms with Gasteiger partial charge in [0.25, 0.3) is 0 Å². The highest BCUT2D eigenvalue weighted by molar-refractivity contribution is 5.68. The molecule has 1 aromatic carbocycles. The Morgan fingerprint density at radius 3 is 2.72 bits per heavy atom. The van der Waals surface area contributed by atoms with Crippen molar-refractivity contribution in [3.63, 3.8) is 0 Å². The molecule has 1 unspecified atom stereocenters. The number of carbonyl (C=O) groups excluding carboxylic acids is 1. The number of aromatic nitrogens is 5. The highest BCUT2D eigenvalue weighted by Crippen LogP contribution is 2.55. The third kappa shape index (κ3) is 5.01. The van der Waals surface area contributed by atoms with Gasteiger partial charge in [0, 0.05) is 49.7 Å². The molecule has 1 aliphatic heterocycles. The molecule has 3 atom stereocenters. The number of nitrogens with zero attached hydrogens (tertiary/aromatic N) is 6. The van der Waals surface area contributed by atoms with Gasteiger partial charge in [-0.25, -0.2) is 9.48 Å². The molecule has 1 saturated heterocycles. The molecule has 192 valence electrons. The number of aryl methyl sites for hydroxylation is 1. The highest BCUT2D eigenvalue weighted by atomic mass is 16.6. The van der Waals surface area contributed by atoms with E-state index in [-0.39, 0.29) is 23.8 Å².